The van der Waals surface area contributed by atoms with Gasteiger partial charge in [0.1, 0.15) is 22.7 Å². The lowest BCUT2D eigenvalue weighted by molar-refractivity contribution is -0.115. The van der Waals surface area contributed by atoms with Gasteiger partial charge in [0.15, 0.2) is 0 Å². The van der Waals surface area contributed by atoms with Crippen molar-refractivity contribution in [3.05, 3.63) is 51.4 Å². The highest BCUT2D eigenvalue weighted by Crippen LogP contribution is 2.38. The molecule has 1 aliphatic rings. The number of hydrogen-bond donors (Lipinski definition) is 2. The highest BCUT2D eigenvalue weighted by Gasteiger charge is 2.23. The van der Waals surface area contributed by atoms with E-state index >= 15 is 0 Å². The Labute approximate surface area is 148 Å². The molecular formula is C18H17F2N3OS. The summed E-state index contributed by atoms with van der Waals surface area (Å²) in [5, 5.41) is 15.6. The molecule has 0 bridgehead atoms. The van der Waals surface area contributed by atoms with E-state index < -0.39 is 17.7 Å². The van der Waals surface area contributed by atoms with Crippen LogP contribution in [-0.2, 0) is 17.6 Å². The topological polar surface area (TPSA) is 64.9 Å². The van der Waals surface area contributed by atoms with E-state index in [-0.39, 0.29) is 12.5 Å². The second-order valence-corrected chi connectivity index (χ2v) is 7.10. The molecule has 0 radical (unpaired) electrons. The van der Waals surface area contributed by atoms with Gasteiger partial charge in [-0.25, -0.2) is 8.78 Å². The van der Waals surface area contributed by atoms with Crippen LogP contribution in [-0.4, -0.2) is 12.5 Å². The molecule has 1 aliphatic carbocycles. The van der Waals surface area contributed by atoms with Crippen LogP contribution in [0.2, 0.25) is 0 Å². The minimum atomic E-state index is -0.651. The van der Waals surface area contributed by atoms with Crippen LogP contribution in [0, 0.1) is 23.0 Å². The first-order valence-electron chi connectivity index (χ1n) is 8.02. The van der Waals surface area contributed by atoms with Gasteiger partial charge in [-0.15, -0.1) is 11.3 Å². The lowest BCUT2D eigenvalue weighted by atomic mass is 10.1. The summed E-state index contributed by atoms with van der Waals surface area (Å²) in [7, 11) is 0. The number of halogens is 2. The van der Waals surface area contributed by atoms with E-state index in [1.165, 1.54) is 28.3 Å². The van der Waals surface area contributed by atoms with Crippen molar-refractivity contribution in [2.45, 2.75) is 32.2 Å². The molecule has 2 N–H and O–H groups in total. The van der Waals surface area contributed by atoms with Crippen LogP contribution in [0.25, 0.3) is 0 Å². The maximum absolute atomic E-state index is 13.7. The summed E-state index contributed by atoms with van der Waals surface area (Å²) in [6.45, 7) is 1.66. The number of benzene rings is 1. The lowest BCUT2D eigenvalue weighted by Crippen LogP contribution is -2.30. The van der Waals surface area contributed by atoms with Crippen molar-refractivity contribution in [3.63, 3.8) is 0 Å². The van der Waals surface area contributed by atoms with Crippen molar-refractivity contribution in [2.75, 3.05) is 11.9 Å². The van der Waals surface area contributed by atoms with Gasteiger partial charge in [0.25, 0.3) is 0 Å². The quantitative estimate of drug-likeness (QED) is 0.854. The maximum Gasteiger partial charge on any atom is 0.238 e. The third-order valence-corrected chi connectivity index (χ3v) is 5.49. The Morgan fingerprint density at radius 3 is 2.92 bits per heavy atom. The Hall–Kier alpha value is -2.30. The van der Waals surface area contributed by atoms with E-state index in [9.17, 15) is 18.8 Å². The van der Waals surface area contributed by atoms with Crippen LogP contribution >= 0.6 is 11.3 Å². The van der Waals surface area contributed by atoms with Gasteiger partial charge >= 0.3 is 0 Å². The molecule has 0 spiro atoms. The number of fused-ring (bicyclic) bond motifs is 1. The number of aryl methyl sites for hydroxylation is 1. The first kappa shape index (κ1) is 17.5. The predicted molar refractivity (Wildman–Crippen MR) is 92.5 cm³/mol. The lowest BCUT2D eigenvalue weighted by Gasteiger charge is -2.15. The minimum absolute atomic E-state index is 0.0363. The predicted octanol–water partition coefficient (Wildman–Crippen LogP) is 3.68. The number of thiophene rings is 1. The molecule has 0 fully saturated rings. The Morgan fingerprint density at radius 2 is 2.20 bits per heavy atom. The number of nitriles is 1. The third-order valence-electron chi connectivity index (χ3n) is 4.28. The van der Waals surface area contributed by atoms with Gasteiger partial charge in [-0.2, -0.15) is 5.26 Å². The minimum Gasteiger partial charge on any atom is -0.315 e. The highest BCUT2D eigenvalue weighted by atomic mass is 32.1. The number of rotatable bonds is 5. The van der Waals surface area contributed by atoms with E-state index in [1.807, 2.05) is 0 Å². The van der Waals surface area contributed by atoms with Gasteiger partial charge in [0.2, 0.25) is 5.91 Å². The van der Waals surface area contributed by atoms with Crippen molar-refractivity contribution >= 4 is 22.2 Å². The Kier molecular flexibility index (Phi) is 5.11. The monoisotopic (exact) mass is 361 g/mol. The molecule has 4 nitrogen and oxygen atoms in total. The van der Waals surface area contributed by atoms with Gasteiger partial charge in [-0.1, -0.05) is 6.07 Å². The maximum atomic E-state index is 13.7. The average Bonchev–Trinajstić information content (AvgIpc) is 3.13. The number of amides is 1. The zero-order valence-electron chi connectivity index (χ0n) is 13.7. The van der Waals surface area contributed by atoms with E-state index in [0.29, 0.717) is 16.1 Å². The highest BCUT2D eigenvalue weighted by molar-refractivity contribution is 7.16. The van der Waals surface area contributed by atoms with E-state index in [1.54, 1.807) is 6.92 Å². The number of nitrogens with one attached hydrogen (secondary N) is 2. The smallest absolute Gasteiger partial charge is 0.238 e. The molecule has 0 saturated heterocycles. The molecule has 1 atom stereocenters. The molecule has 1 aromatic carbocycles. The number of carbonyl (C=O) groups is 1. The van der Waals surface area contributed by atoms with Crippen LogP contribution in [0.15, 0.2) is 18.2 Å². The Morgan fingerprint density at radius 1 is 1.40 bits per heavy atom. The Balaban J connectivity index is 1.61. The summed E-state index contributed by atoms with van der Waals surface area (Å²) in [5.74, 6) is -1.59. The number of carbonyl (C=O) groups excluding carboxylic acids is 1. The van der Waals surface area contributed by atoms with Gasteiger partial charge in [-0.05, 0) is 37.8 Å². The summed E-state index contributed by atoms with van der Waals surface area (Å²) in [4.78, 5) is 13.3. The largest absolute Gasteiger partial charge is 0.315 e. The van der Waals surface area contributed by atoms with Gasteiger partial charge < -0.3 is 10.6 Å². The molecule has 3 rings (SSSR count). The van der Waals surface area contributed by atoms with Crippen LogP contribution in [0.5, 0.6) is 0 Å². The summed E-state index contributed by atoms with van der Waals surface area (Å²) < 4.78 is 26.7. The van der Waals surface area contributed by atoms with E-state index in [0.717, 1.165) is 30.9 Å². The van der Waals surface area contributed by atoms with Crippen molar-refractivity contribution in [2.24, 2.45) is 0 Å². The van der Waals surface area contributed by atoms with Crippen LogP contribution < -0.4 is 10.6 Å². The molecule has 130 valence electrons. The third kappa shape index (κ3) is 3.70. The van der Waals surface area contributed by atoms with Gasteiger partial charge in [-0.3, -0.25) is 4.79 Å². The van der Waals surface area contributed by atoms with Gasteiger partial charge in [0, 0.05) is 22.5 Å². The fourth-order valence-electron chi connectivity index (χ4n) is 2.99. The van der Waals surface area contributed by atoms with Crippen molar-refractivity contribution < 1.29 is 13.6 Å². The number of hydrogen-bond acceptors (Lipinski definition) is 4. The zero-order valence-corrected chi connectivity index (χ0v) is 14.5. The van der Waals surface area contributed by atoms with Crippen LogP contribution in [0.4, 0.5) is 13.8 Å². The number of nitrogens with zero attached hydrogens (tertiary/aromatic N) is 1. The molecular weight excluding hydrogens is 344 g/mol. The summed E-state index contributed by atoms with van der Waals surface area (Å²) >= 11 is 1.45. The normalized spacial score (nSPS) is 14.0. The van der Waals surface area contributed by atoms with Crippen molar-refractivity contribution in [3.8, 4) is 6.07 Å². The molecule has 1 heterocycles. The standard InChI is InChI=1S/C18H17F2N3OS/c1-10(12-6-5-11(19)7-15(12)20)22-9-17(24)23-18-14(8-21)13-3-2-4-16(13)25-18/h5-7,10,22H,2-4,9H2,1H3,(H,23,24)/t10-/m0/s1. The average molecular weight is 361 g/mol. The van der Waals surface area contributed by atoms with E-state index in [2.05, 4.69) is 16.7 Å². The second kappa shape index (κ2) is 7.30. The van der Waals surface area contributed by atoms with Crippen LogP contribution in [0.3, 0.4) is 0 Å². The molecule has 7 heteroatoms. The second-order valence-electron chi connectivity index (χ2n) is 5.99. The Bertz CT molecular complexity index is 857. The van der Waals surface area contributed by atoms with Crippen LogP contribution in [0.1, 0.15) is 41.0 Å². The summed E-state index contributed by atoms with van der Waals surface area (Å²) in [6, 6.07) is 5.09. The number of anilines is 1. The van der Waals surface area contributed by atoms with E-state index in [4.69, 9.17) is 0 Å². The molecule has 0 unspecified atom stereocenters. The molecule has 1 amide bonds. The van der Waals surface area contributed by atoms with Gasteiger partial charge in [0.05, 0.1) is 12.1 Å². The fourth-order valence-corrected chi connectivity index (χ4v) is 4.25. The SMILES string of the molecule is C[C@H](NCC(=O)Nc1sc2c(c1C#N)CCC2)c1ccc(F)cc1F. The molecule has 0 saturated carbocycles. The molecule has 1 aromatic heterocycles. The zero-order chi connectivity index (χ0) is 18.0. The molecule has 2 aromatic rings. The first-order chi connectivity index (χ1) is 12.0. The molecule has 25 heavy (non-hydrogen) atoms. The molecule has 0 aliphatic heterocycles. The van der Waals surface area contributed by atoms with Crippen molar-refractivity contribution in [1.29, 1.82) is 5.26 Å². The first-order valence-corrected chi connectivity index (χ1v) is 8.84. The summed E-state index contributed by atoms with van der Waals surface area (Å²) in [5.41, 5.74) is 1.91. The summed E-state index contributed by atoms with van der Waals surface area (Å²) in [6.07, 6.45) is 2.87. The fraction of sp³-hybridized carbons (Fsp3) is 0.333. The van der Waals surface area contributed by atoms with Crippen molar-refractivity contribution in [1.82, 2.24) is 5.32 Å².